The molecule has 1 atom stereocenters. The van der Waals surface area contributed by atoms with Crippen molar-refractivity contribution in [3.63, 3.8) is 0 Å². The highest BCUT2D eigenvalue weighted by Gasteiger charge is 2.22. The van der Waals surface area contributed by atoms with Crippen molar-refractivity contribution in [3.8, 4) is 11.5 Å². The van der Waals surface area contributed by atoms with Crippen molar-refractivity contribution in [3.05, 3.63) is 59.2 Å². The van der Waals surface area contributed by atoms with Gasteiger partial charge in [-0.25, -0.2) is 0 Å². The molecule has 0 radical (unpaired) electrons. The zero-order chi connectivity index (χ0) is 16.2. The van der Waals surface area contributed by atoms with Gasteiger partial charge in [0.25, 0.3) is 0 Å². The first-order valence-electron chi connectivity index (χ1n) is 7.80. The van der Waals surface area contributed by atoms with Gasteiger partial charge in [0, 0.05) is 5.92 Å². The Balaban J connectivity index is 1.66. The molecule has 0 aliphatic carbocycles. The van der Waals surface area contributed by atoms with E-state index in [1.165, 1.54) is 11.1 Å². The molecule has 0 saturated heterocycles. The maximum absolute atomic E-state index is 10.9. The largest absolute Gasteiger partial charge is 0.493 e. The molecule has 3 rings (SSSR count). The first-order valence-corrected chi connectivity index (χ1v) is 7.80. The molecule has 2 aromatic rings. The van der Waals surface area contributed by atoms with Gasteiger partial charge in [0.15, 0.2) is 11.5 Å². The van der Waals surface area contributed by atoms with Gasteiger partial charge in [-0.05, 0) is 35.6 Å². The summed E-state index contributed by atoms with van der Waals surface area (Å²) < 4.78 is 11.3. The molecule has 1 heterocycles. The van der Waals surface area contributed by atoms with Crippen LogP contribution in [0.2, 0.25) is 0 Å². The first kappa shape index (κ1) is 15.4. The number of nitrogens with two attached hydrogens (primary N) is 1. The minimum atomic E-state index is -0.302. The predicted octanol–water partition coefficient (Wildman–Crippen LogP) is 2.52. The molecular formula is C19H21NO3. The number of carbonyl (C=O) groups is 1. The molecule has 1 amide bonds. The SMILES string of the molecule is COc1cccc2c1OC[C@H](Cc1ccc(CC(N)=O)cc1)C2. The summed E-state index contributed by atoms with van der Waals surface area (Å²) in [4.78, 5) is 10.9. The Morgan fingerprint density at radius 3 is 2.65 bits per heavy atom. The number of carbonyl (C=O) groups excluding carboxylic acids is 1. The Morgan fingerprint density at radius 2 is 1.96 bits per heavy atom. The Labute approximate surface area is 136 Å². The molecule has 0 fully saturated rings. The summed E-state index contributed by atoms with van der Waals surface area (Å²) in [5.74, 6) is 1.82. The highest BCUT2D eigenvalue weighted by atomic mass is 16.5. The number of hydrogen-bond donors (Lipinski definition) is 1. The molecule has 1 aliphatic heterocycles. The van der Waals surface area contributed by atoms with Crippen LogP contribution in [0.1, 0.15) is 16.7 Å². The summed E-state index contributed by atoms with van der Waals surface area (Å²) in [6.45, 7) is 0.691. The molecule has 1 aliphatic rings. The minimum absolute atomic E-state index is 0.292. The summed E-state index contributed by atoms with van der Waals surface area (Å²) in [7, 11) is 1.67. The number of methoxy groups -OCH3 is 1. The molecule has 4 nitrogen and oxygen atoms in total. The highest BCUT2D eigenvalue weighted by Crippen LogP contribution is 2.36. The van der Waals surface area contributed by atoms with Crippen molar-refractivity contribution in [1.82, 2.24) is 0 Å². The molecule has 0 spiro atoms. The smallest absolute Gasteiger partial charge is 0.221 e. The van der Waals surface area contributed by atoms with Crippen molar-refractivity contribution >= 4 is 5.91 Å². The summed E-state index contributed by atoms with van der Waals surface area (Å²) in [6.07, 6.45) is 2.23. The first-order chi connectivity index (χ1) is 11.2. The quantitative estimate of drug-likeness (QED) is 0.923. The summed E-state index contributed by atoms with van der Waals surface area (Å²) in [5, 5.41) is 0. The number of para-hydroxylation sites is 1. The van der Waals surface area contributed by atoms with E-state index in [0.717, 1.165) is 29.9 Å². The monoisotopic (exact) mass is 311 g/mol. The Hall–Kier alpha value is -2.49. The number of amides is 1. The molecular weight excluding hydrogens is 290 g/mol. The van der Waals surface area contributed by atoms with Crippen LogP contribution in [0.5, 0.6) is 11.5 Å². The van der Waals surface area contributed by atoms with Gasteiger partial charge in [-0.1, -0.05) is 36.4 Å². The van der Waals surface area contributed by atoms with E-state index in [2.05, 4.69) is 18.2 Å². The molecule has 120 valence electrons. The lowest BCUT2D eigenvalue weighted by Gasteiger charge is -2.26. The lowest BCUT2D eigenvalue weighted by molar-refractivity contribution is -0.117. The summed E-state index contributed by atoms with van der Waals surface area (Å²) >= 11 is 0. The van der Waals surface area contributed by atoms with Crippen LogP contribution in [-0.4, -0.2) is 19.6 Å². The predicted molar refractivity (Wildman–Crippen MR) is 88.7 cm³/mol. The van der Waals surface area contributed by atoms with Crippen LogP contribution in [0.25, 0.3) is 0 Å². The zero-order valence-corrected chi connectivity index (χ0v) is 13.2. The topological polar surface area (TPSA) is 61.6 Å². The van der Waals surface area contributed by atoms with Crippen molar-refractivity contribution in [2.75, 3.05) is 13.7 Å². The standard InChI is InChI=1S/C19H21NO3/c1-22-17-4-2-3-16-10-15(12-23-19(16)17)9-13-5-7-14(8-6-13)11-18(20)21/h2-8,15H,9-12H2,1H3,(H2,20,21)/t15-/m1/s1. The van der Waals surface area contributed by atoms with E-state index >= 15 is 0 Å². The van der Waals surface area contributed by atoms with Crippen LogP contribution >= 0.6 is 0 Å². The van der Waals surface area contributed by atoms with Gasteiger partial charge in [0.1, 0.15) is 0 Å². The van der Waals surface area contributed by atoms with E-state index in [0.29, 0.717) is 18.9 Å². The second-order valence-corrected chi connectivity index (χ2v) is 5.99. The molecule has 0 bridgehead atoms. The van der Waals surface area contributed by atoms with E-state index in [9.17, 15) is 4.79 Å². The van der Waals surface area contributed by atoms with Crippen molar-refractivity contribution in [2.45, 2.75) is 19.3 Å². The van der Waals surface area contributed by atoms with E-state index < -0.39 is 0 Å². The van der Waals surface area contributed by atoms with Crippen LogP contribution < -0.4 is 15.2 Å². The average molecular weight is 311 g/mol. The summed E-state index contributed by atoms with van der Waals surface area (Å²) in [5.41, 5.74) is 8.62. The van der Waals surface area contributed by atoms with Gasteiger partial charge in [0.05, 0.1) is 20.1 Å². The number of fused-ring (bicyclic) bond motifs is 1. The fraction of sp³-hybridized carbons (Fsp3) is 0.316. The third-order valence-corrected chi connectivity index (χ3v) is 4.18. The summed E-state index contributed by atoms with van der Waals surface area (Å²) in [6, 6.07) is 14.1. The van der Waals surface area contributed by atoms with Gasteiger partial charge in [-0.3, -0.25) is 4.79 Å². The lowest BCUT2D eigenvalue weighted by atomic mass is 9.90. The zero-order valence-electron chi connectivity index (χ0n) is 13.2. The number of benzene rings is 2. The number of rotatable bonds is 5. The van der Waals surface area contributed by atoms with Crippen LogP contribution in [0.15, 0.2) is 42.5 Å². The van der Waals surface area contributed by atoms with Gasteiger partial charge in [0.2, 0.25) is 5.91 Å². The van der Waals surface area contributed by atoms with Crippen molar-refractivity contribution < 1.29 is 14.3 Å². The normalized spacial score (nSPS) is 16.3. The molecule has 0 unspecified atom stereocenters. The third-order valence-electron chi connectivity index (χ3n) is 4.18. The minimum Gasteiger partial charge on any atom is -0.493 e. The Morgan fingerprint density at radius 1 is 1.22 bits per heavy atom. The molecule has 23 heavy (non-hydrogen) atoms. The van der Waals surface area contributed by atoms with Gasteiger partial charge in [-0.2, -0.15) is 0 Å². The molecule has 0 saturated carbocycles. The number of ether oxygens (including phenoxy) is 2. The fourth-order valence-electron chi connectivity index (χ4n) is 3.08. The van der Waals surface area contributed by atoms with E-state index in [1.54, 1.807) is 7.11 Å². The lowest BCUT2D eigenvalue weighted by Crippen LogP contribution is -2.23. The van der Waals surface area contributed by atoms with E-state index in [1.807, 2.05) is 24.3 Å². The van der Waals surface area contributed by atoms with Gasteiger partial charge >= 0.3 is 0 Å². The van der Waals surface area contributed by atoms with Crippen LogP contribution in [0.3, 0.4) is 0 Å². The van der Waals surface area contributed by atoms with Gasteiger partial charge < -0.3 is 15.2 Å². The fourth-order valence-corrected chi connectivity index (χ4v) is 3.08. The number of primary amides is 1. The van der Waals surface area contributed by atoms with Crippen LogP contribution in [-0.2, 0) is 24.1 Å². The van der Waals surface area contributed by atoms with Crippen molar-refractivity contribution in [2.24, 2.45) is 11.7 Å². The van der Waals surface area contributed by atoms with Gasteiger partial charge in [-0.15, -0.1) is 0 Å². The molecule has 4 heteroatoms. The highest BCUT2D eigenvalue weighted by molar-refractivity contribution is 5.76. The maximum atomic E-state index is 10.9. The second kappa shape index (κ2) is 6.73. The van der Waals surface area contributed by atoms with E-state index in [4.69, 9.17) is 15.2 Å². The Kier molecular flexibility index (Phi) is 4.51. The van der Waals surface area contributed by atoms with Crippen LogP contribution in [0, 0.1) is 5.92 Å². The molecule has 2 aromatic carbocycles. The molecule has 2 N–H and O–H groups in total. The number of hydrogen-bond acceptors (Lipinski definition) is 3. The van der Waals surface area contributed by atoms with Crippen molar-refractivity contribution in [1.29, 1.82) is 0 Å². The maximum Gasteiger partial charge on any atom is 0.221 e. The van der Waals surface area contributed by atoms with Crippen LogP contribution in [0.4, 0.5) is 0 Å². The Bertz CT molecular complexity index is 694. The van der Waals surface area contributed by atoms with E-state index in [-0.39, 0.29) is 5.91 Å². The average Bonchev–Trinajstić information content (AvgIpc) is 2.55. The molecule has 0 aromatic heterocycles. The second-order valence-electron chi connectivity index (χ2n) is 5.99. The third kappa shape index (κ3) is 3.65.